The van der Waals surface area contributed by atoms with Crippen LogP contribution in [0, 0.1) is 18.8 Å². The van der Waals surface area contributed by atoms with Crippen LogP contribution in [0.3, 0.4) is 0 Å². The standard InChI is InChI=1S/C31H34O5S.C2H2/c32-31(33)13-7-22-5-9-27(10-6-22)35-21-24-4-8-25-2-1-3-26-19-28(11-12-29(26)30(25)18-24)36-20-23-14-16-37(34)17-15-23;1-2/h4-6,8-12,18-19,23H,1-3,7,13-17,20-21H2,(H,32,33);1-2H. The first-order valence-corrected chi connectivity index (χ1v) is 15.0. The SMILES string of the molecule is C#C.O=C(O)CCc1ccc(OCc2ccc3c(c2)-c2ccc(OCC4CCS(=O)CC4)cc2CCC3)cc1. The average molecular weight is 545 g/mol. The molecule has 1 aliphatic carbocycles. The molecule has 5 nitrogen and oxygen atoms in total. The number of hydrogen-bond acceptors (Lipinski definition) is 4. The minimum Gasteiger partial charge on any atom is -0.493 e. The van der Waals surface area contributed by atoms with Crippen molar-refractivity contribution in [3.8, 4) is 35.5 Å². The Kier molecular flexibility index (Phi) is 10.2. The number of carboxylic acid groups (broad SMARTS) is 1. The van der Waals surface area contributed by atoms with E-state index in [1.165, 1.54) is 22.3 Å². The number of terminal acetylenes is 1. The Bertz CT molecular complexity index is 1300. The van der Waals surface area contributed by atoms with Crippen LogP contribution in [0.1, 0.15) is 47.9 Å². The molecule has 1 saturated heterocycles. The highest BCUT2D eigenvalue weighted by atomic mass is 32.2. The lowest BCUT2D eigenvalue weighted by atomic mass is 9.95. The monoisotopic (exact) mass is 544 g/mol. The number of hydrogen-bond donors (Lipinski definition) is 1. The first-order chi connectivity index (χ1) is 19.0. The van der Waals surface area contributed by atoms with Crippen molar-refractivity contribution in [1.29, 1.82) is 0 Å². The van der Waals surface area contributed by atoms with Crippen molar-refractivity contribution >= 4 is 16.8 Å². The highest BCUT2D eigenvalue weighted by Gasteiger charge is 2.20. The van der Waals surface area contributed by atoms with Crippen molar-refractivity contribution in [2.45, 2.75) is 51.6 Å². The molecule has 1 aliphatic heterocycles. The van der Waals surface area contributed by atoms with Gasteiger partial charge in [0, 0.05) is 28.7 Å². The van der Waals surface area contributed by atoms with Gasteiger partial charge in [0.1, 0.15) is 18.1 Å². The molecule has 0 aromatic heterocycles. The lowest BCUT2D eigenvalue weighted by Gasteiger charge is -2.22. The minimum absolute atomic E-state index is 0.133. The van der Waals surface area contributed by atoms with Gasteiger partial charge in [-0.25, -0.2) is 0 Å². The van der Waals surface area contributed by atoms with Crippen molar-refractivity contribution in [3.05, 3.63) is 82.9 Å². The normalized spacial score (nSPS) is 17.9. The molecule has 5 rings (SSSR count). The number of carboxylic acids is 1. The third kappa shape index (κ3) is 7.97. The predicted octanol–water partition coefficient (Wildman–Crippen LogP) is 6.23. The van der Waals surface area contributed by atoms with Gasteiger partial charge in [0.25, 0.3) is 0 Å². The molecule has 204 valence electrons. The van der Waals surface area contributed by atoms with Crippen molar-refractivity contribution in [1.82, 2.24) is 0 Å². The Morgan fingerprint density at radius 1 is 0.846 bits per heavy atom. The molecule has 1 N–H and O–H groups in total. The van der Waals surface area contributed by atoms with E-state index >= 15 is 0 Å². The maximum atomic E-state index is 11.6. The summed E-state index contributed by atoms with van der Waals surface area (Å²) in [5, 5.41) is 8.86. The fraction of sp³-hybridized carbons (Fsp3) is 0.364. The second-order valence-corrected chi connectivity index (χ2v) is 11.8. The number of aryl methyl sites for hydroxylation is 3. The van der Waals surface area contributed by atoms with Gasteiger partial charge in [-0.05, 0) is 108 Å². The molecule has 0 saturated carbocycles. The predicted molar refractivity (Wildman–Crippen MR) is 157 cm³/mol. The van der Waals surface area contributed by atoms with Crippen molar-refractivity contribution in [2.75, 3.05) is 18.1 Å². The first-order valence-electron chi connectivity index (χ1n) is 13.5. The summed E-state index contributed by atoms with van der Waals surface area (Å²) in [5.74, 6) is 3.03. The van der Waals surface area contributed by atoms with Crippen LogP contribution in [0.25, 0.3) is 11.1 Å². The van der Waals surface area contributed by atoms with Gasteiger partial charge in [-0.15, -0.1) is 12.8 Å². The Balaban J connectivity index is 0.00000172. The summed E-state index contributed by atoms with van der Waals surface area (Å²) >= 11 is 0. The lowest BCUT2D eigenvalue weighted by molar-refractivity contribution is -0.136. The zero-order valence-electron chi connectivity index (χ0n) is 22.3. The zero-order valence-corrected chi connectivity index (χ0v) is 23.1. The maximum absolute atomic E-state index is 11.6. The van der Waals surface area contributed by atoms with Gasteiger partial charge in [-0.3, -0.25) is 9.00 Å². The summed E-state index contributed by atoms with van der Waals surface area (Å²) in [4.78, 5) is 10.8. The van der Waals surface area contributed by atoms with Gasteiger partial charge in [0.05, 0.1) is 6.61 Å². The van der Waals surface area contributed by atoms with Crippen LogP contribution < -0.4 is 9.47 Å². The second kappa shape index (κ2) is 14.0. The number of carbonyl (C=O) groups is 1. The number of fused-ring (bicyclic) bond motifs is 3. The molecule has 1 heterocycles. The molecule has 0 radical (unpaired) electrons. The van der Waals surface area contributed by atoms with E-state index < -0.39 is 16.8 Å². The third-order valence-corrected chi connectivity index (χ3v) is 8.77. The summed E-state index contributed by atoms with van der Waals surface area (Å²) in [5.41, 5.74) is 7.37. The van der Waals surface area contributed by atoms with Crippen LogP contribution in [0.4, 0.5) is 0 Å². The van der Waals surface area contributed by atoms with Crippen LogP contribution in [0.2, 0.25) is 0 Å². The van der Waals surface area contributed by atoms with Crippen molar-refractivity contribution in [3.63, 3.8) is 0 Å². The van der Waals surface area contributed by atoms with Crippen LogP contribution in [0.5, 0.6) is 11.5 Å². The average Bonchev–Trinajstić information content (AvgIpc) is 3.15. The number of rotatable bonds is 9. The smallest absolute Gasteiger partial charge is 0.303 e. The first kappa shape index (κ1) is 28.4. The van der Waals surface area contributed by atoms with Gasteiger partial charge in [-0.1, -0.05) is 30.3 Å². The van der Waals surface area contributed by atoms with Crippen LogP contribution >= 0.6 is 0 Å². The summed E-state index contributed by atoms with van der Waals surface area (Å²) in [7, 11) is -0.634. The summed E-state index contributed by atoms with van der Waals surface area (Å²) < 4.78 is 23.8. The summed E-state index contributed by atoms with van der Waals surface area (Å²) in [6, 6.07) is 20.8. The Morgan fingerprint density at radius 2 is 1.54 bits per heavy atom. The van der Waals surface area contributed by atoms with Gasteiger partial charge < -0.3 is 14.6 Å². The Hall–Kier alpha value is -3.56. The van der Waals surface area contributed by atoms with Crippen LogP contribution in [-0.4, -0.2) is 33.4 Å². The molecule has 0 bridgehead atoms. The molecule has 0 atom stereocenters. The molecular formula is C33H36O5S. The fourth-order valence-corrected chi connectivity index (χ4v) is 6.57. The van der Waals surface area contributed by atoms with E-state index in [2.05, 4.69) is 49.2 Å². The van der Waals surface area contributed by atoms with Gasteiger partial charge in [0.2, 0.25) is 0 Å². The maximum Gasteiger partial charge on any atom is 0.303 e. The van der Waals surface area contributed by atoms with E-state index in [9.17, 15) is 9.00 Å². The van der Waals surface area contributed by atoms with E-state index in [0.717, 1.165) is 66.2 Å². The third-order valence-electron chi connectivity index (χ3n) is 7.38. The Labute approximate surface area is 234 Å². The molecule has 3 aromatic rings. The van der Waals surface area contributed by atoms with E-state index in [1.54, 1.807) is 0 Å². The topological polar surface area (TPSA) is 72.8 Å². The number of ether oxygens (including phenoxy) is 2. The van der Waals surface area contributed by atoms with E-state index in [-0.39, 0.29) is 6.42 Å². The minimum atomic E-state index is -0.784. The summed E-state index contributed by atoms with van der Waals surface area (Å²) in [6.45, 7) is 1.18. The zero-order chi connectivity index (χ0) is 27.6. The Morgan fingerprint density at radius 3 is 2.28 bits per heavy atom. The molecule has 0 unspecified atom stereocenters. The largest absolute Gasteiger partial charge is 0.493 e. The van der Waals surface area contributed by atoms with Gasteiger partial charge >= 0.3 is 5.97 Å². The number of aliphatic carboxylic acids is 1. The second-order valence-electron chi connectivity index (χ2n) is 10.1. The van der Waals surface area contributed by atoms with Crippen LogP contribution in [-0.2, 0) is 41.5 Å². The van der Waals surface area contributed by atoms with Crippen LogP contribution in [0.15, 0.2) is 60.7 Å². The molecule has 39 heavy (non-hydrogen) atoms. The molecule has 0 amide bonds. The highest BCUT2D eigenvalue weighted by Crippen LogP contribution is 2.35. The molecule has 2 aliphatic rings. The lowest BCUT2D eigenvalue weighted by Crippen LogP contribution is -2.23. The van der Waals surface area contributed by atoms with E-state index in [0.29, 0.717) is 25.6 Å². The van der Waals surface area contributed by atoms with Gasteiger partial charge in [-0.2, -0.15) is 0 Å². The van der Waals surface area contributed by atoms with Crippen molar-refractivity contribution in [2.24, 2.45) is 5.92 Å². The summed E-state index contributed by atoms with van der Waals surface area (Å²) in [6.07, 6.45) is 13.8. The quantitative estimate of drug-likeness (QED) is 0.324. The molecule has 6 heteroatoms. The molecule has 0 spiro atoms. The van der Waals surface area contributed by atoms with E-state index in [1.807, 2.05) is 24.3 Å². The van der Waals surface area contributed by atoms with Gasteiger partial charge in [0.15, 0.2) is 0 Å². The molecular weight excluding hydrogens is 508 g/mol. The molecule has 1 fully saturated rings. The highest BCUT2D eigenvalue weighted by molar-refractivity contribution is 7.85. The number of benzene rings is 3. The van der Waals surface area contributed by atoms with Crippen molar-refractivity contribution < 1.29 is 23.6 Å². The molecule has 3 aromatic carbocycles. The fourth-order valence-electron chi connectivity index (χ4n) is 5.17. The van der Waals surface area contributed by atoms with E-state index in [4.69, 9.17) is 14.6 Å².